The molecule has 4 aliphatic rings. The van der Waals surface area contributed by atoms with Crippen LogP contribution in [0, 0.1) is 28.6 Å². The van der Waals surface area contributed by atoms with Crippen LogP contribution in [-0.2, 0) is 14.3 Å². The molecule has 0 radical (unpaired) electrons. The summed E-state index contributed by atoms with van der Waals surface area (Å²) in [6.07, 6.45) is 10.6. The summed E-state index contributed by atoms with van der Waals surface area (Å²) in [4.78, 5) is 23.2. The average Bonchev–Trinajstić information content (AvgIpc) is 2.88. The van der Waals surface area contributed by atoms with Crippen molar-refractivity contribution < 1.29 is 19.4 Å². The van der Waals surface area contributed by atoms with Crippen molar-refractivity contribution in [3.63, 3.8) is 0 Å². The van der Waals surface area contributed by atoms with E-state index in [-0.39, 0.29) is 23.5 Å². The van der Waals surface area contributed by atoms with E-state index in [0.717, 1.165) is 51.4 Å². The van der Waals surface area contributed by atoms with Crippen molar-refractivity contribution in [2.75, 3.05) is 6.61 Å². The Balaban J connectivity index is 1.54. The lowest BCUT2D eigenvalue weighted by Crippen LogP contribution is -2.50. The highest BCUT2D eigenvalue weighted by molar-refractivity contribution is 5.87. The average molecular weight is 346 g/mol. The summed E-state index contributed by atoms with van der Waals surface area (Å²) >= 11 is 0. The maximum absolute atomic E-state index is 12.5. The third kappa shape index (κ3) is 2.59. The topological polar surface area (TPSA) is 63.6 Å². The van der Waals surface area contributed by atoms with Crippen molar-refractivity contribution >= 4 is 11.8 Å². The molecule has 3 fully saturated rings. The highest BCUT2D eigenvalue weighted by Crippen LogP contribution is 2.64. The number of carbonyl (C=O) groups excluding carboxylic acids is 1. The van der Waals surface area contributed by atoms with Crippen molar-refractivity contribution in [1.82, 2.24) is 0 Å². The molecule has 138 valence electrons. The Morgan fingerprint density at radius 3 is 2.68 bits per heavy atom. The molecule has 1 N–H and O–H groups in total. The molecule has 0 amide bonds. The van der Waals surface area contributed by atoms with Gasteiger partial charge in [0.1, 0.15) is 12.4 Å². The smallest absolute Gasteiger partial charge is 0.329 e. The number of aliphatic carboxylic acids is 1. The second-order valence-corrected chi connectivity index (χ2v) is 9.25. The van der Waals surface area contributed by atoms with Gasteiger partial charge in [0.25, 0.3) is 0 Å². The molecule has 0 aliphatic heterocycles. The Morgan fingerprint density at radius 1 is 1.20 bits per heavy atom. The van der Waals surface area contributed by atoms with E-state index < -0.39 is 5.97 Å². The van der Waals surface area contributed by atoms with E-state index in [4.69, 9.17) is 9.84 Å². The van der Waals surface area contributed by atoms with Crippen LogP contribution < -0.4 is 0 Å². The fraction of sp³-hybridized carbons (Fsp3) is 0.810. The Labute approximate surface area is 150 Å². The molecule has 0 aromatic rings. The molecule has 4 nitrogen and oxygen atoms in total. The summed E-state index contributed by atoms with van der Waals surface area (Å²) in [5.74, 6) is 1.51. The summed E-state index contributed by atoms with van der Waals surface area (Å²) in [5, 5.41) is 8.85. The maximum atomic E-state index is 12.5. The first kappa shape index (κ1) is 17.3. The first-order chi connectivity index (χ1) is 11.8. The normalized spacial score (nSPS) is 46.0. The molecular formula is C21H30O4. The number of allylic oxidation sites excluding steroid dienone is 1. The largest absolute Gasteiger partial charge is 0.480 e. The predicted molar refractivity (Wildman–Crippen MR) is 94.1 cm³/mol. The van der Waals surface area contributed by atoms with Gasteiger partial charge in [-0.05, 0) is 68.1 Å². The van der Waals surface area contributed by atoms with Crippen molar-refractivity contribution in [2.24, 2.45) is 28.6 Å². The minimum absolute atomic E-state index is 0.0499. The van der Waals surface area contributed by atoms with Gasteiger partial charge in [-0.2, -0.15) is 0 Å². The first-order valence-electron chi connectivity index (χ1n) is 9.91. The van der Waals surface area contributed by atoms with Crippen LogP contribution in [-0.4, -0.2) is 29.6 Å². The van der Waals surface area contributed by atoms with Gasteiger partial charge in [0.15, 0.2) is 0 Å². The van der Waals surface area contributed by atoms with Gasteiger partial charge in [0.05, 0.1) is 6.10 Å². The first-order valence-corrected chi connectivity index (χ1v) is 9.91. The minimum atomic E-state index is -0.886. The standard InChI is InChI=1S/C21H30O4/c1-20-9-7-14(25-12-19(23)24)11-13(20)3-4-15-16-5-6-18(22)21(16,2)10-8-17(15)20/h3,14-17H,4-12H2,1-2H3,(H,23,24)/t14-,15-,16-,17-,20+,21+/m1/s1. The van der Waals surface area contributed by atoms with Crippen LogP contribution in [0.5, 0.6) is 0 Å². The SMILES string of the molecule is C[C@]12CC[C@@H](OCC(=O)O)CC1=CC[C@H]1[C@H]2CC[C@]2(C)C(=O)CC[C@H]12. The summed E-state index contributed by atoms with van der Waals surface area (Å²) in [5.41, 5.74) is 1.65. The van der Waals surface area contributed by atoms with Crippen molar-refractivity contribution in [3.05, 3.63) is 11.6 Å². The number of carboxylic acids is 1. The minimum Gasteiger partial charge on any atom is -0.480 e. The lowest BCUT2D eigenvalue weighted by atomic mass is 9.48. The molecule has 6 atom stereocenters. The second-order valence-electron chi connectivity index (χ2n) is 9.25. The Hall–Kier alpha value is -1.16. The van der Waals surface area contributed by atoms with Gasteiger partial charge in [0.2, 0.25) is 0 Å². The van der Waals surface area contributed by atoms with E-state index in [9.17, 15) is 9.59 Å². The molecule has 4 rings (SSSR count). The van der Waals surface area contributed by atoms with Crippen LogP contribution in [0.15, 0.2) is 11.6 Å². The van der Waals surface area contributed by atoms with E-state index in [2.05, 4.69) is 19.9 Å². The molecule has 25 heavy (non-hydrogen) atoms. The van der Waals surface area contributed by atoms with Crippen LogP contribution in [0.25, 0.3) is 0 Å². The quantitative estimate of drug-likeness (QED) is 0.785. The van der Waals surface area contributed by atoms with Crippen LogP contribution in [0.4, 0.5) is 0 Å². The predicted octanol–water partition coefficient (Wildman–Crippen LogP) is 3.99. The fourth-order valence-electron chi connectivity index (χ4n) is 6.73. The molecule has 4 heteroatoms. The van der Waals surface area contributed by atoms with E-state index in [0.29, 0.717) is 23.5 Å². The summed E-state index contributed by atoms with van der Waals surface area (Å²) in [6, 6.07) is 0. The van der Waals surface area contributed by atoms with Crippen LogP contribution >= 0.6 is 0 Å². The van der Waals surface area contributed by atoms with Gasteiger partial charge in [0, 0.05) is 11.8 Å². The van der Waals surface area contributed by atoms with E-state index in [1.165, 1.54) is 5.57 Å². The molecule has 0 spiro atoms. The second kappa shape index (κ2) is 5.94. The number of carbonyl (C=O) groups is 2. The van der Waals surface area contributed by atoms with Gasteiger partial charge in [-0.1, -0.05) is 25.5 Å². The summed E-state index contributed by atoms with van der Waals surface area (Å²) < 4.78 is 5.59. The highest BCUT2D eigenvalue weighted by Gasteiger charge is 2.58. The number of ketones is 1. The number of ether oxygens (including phenoxy) is 1. The zero-order valence-corrected chi connectivity index (χ0v) is 15.4. The van der Waals surface area contributed by atoms with Crippen molar-refractivity contribution in [1.29, 1.82) is 0 Å². The zero-order valence-electron chi connectivity index (χ0n) is 15.4. The Kier molecular flexibility index (Phi) is 4.10. The Bertz CT molecular complexity index is 623. The molecule has 0 heterocycles. The number of fused-ring (bicyclic) bond motifs is 5. The summed E-state index contributed by atoms with van der Waals surface area (Å²) in [6.45, 7) is 4.45. The lowest BCUT2D eigenvalue weighted by Gasteiger charge is -2.57. The van der Waals surface area contributed by atoms with E-state index in [1.54, 1.807) is 0 Å². The van der Waals surface area contributed by atoms with Crippen LogP contribution in [0.2, 0.25) is 0 Å². The molecule has 0 bridgehead atoms. The van der Waals surface area contributed by atoms with E-state index >= 15 is 0 Å². The third-order valence-corrected chi connectivity index (χ3v) is 8.21. The molecule has 0 aromatic heterocycles. The number of Topliss-reactive ketones (excluding diaryl/α,β-unsaturated/α-hetero) is 1. The van der Waals surface area contributed by atoms with Gasteiger partial charge in [-0.15, -0.1) is 0 Å². The van der Waals surface area contributed by atoms with Crippen molar-refractivity contribution in [3.8, 4) is 0 Å². The van der Waals surface area contributed by atoms with Gasteiger partial charge in [-0.25, -0.2) is 4.79 Å². The third-order valence-electron chi connectivity index (χ3n) is 8.21. The number of rotatable bonds is 3. The molecule has 0 aromatic carbocycles. The van der Waals surface area contributed by atoms with E-state index in [1.807, 2.05) is 0 Å². The number of hydrogen-bond donors (Lipinski definition) is 1. The number of hydrogen-bond acceptors (Lipinski definition) is 3. The monoisotopic (exact) mass is 346 g/mol. The van der Waals surface area contributed by atoms with Crippen molar-refractivity contribution in [2.45, 2.75) is 71.3 Å². The van der Waals surface area contributed by atoms with Gasteiger partial charge >= 0.3 is 5.97 Å². The molecule has 3 saturated carbocycles. The highest BCUT2D eigenvalue weighted by atomic mass is 16.5. The van der Waals surface area contributed by atoms with Crippen LogP contribution in [0.3, 0.4) is 0 Å². The summed E-state index contributed by atoms with van der Waals surface area (Å²) in [7, 11) is 0. The molecule has 4 aliphatic carbocycles. The lowest BCUT2D eigenvalue weighted by molar-refractivity contribution is -0.145. The molecular weight excluding hydrogens is 316 g/mol. The maximum Gasteiger partial charge on any atom is 0.329 e. The number of carboxylic acid groups (broad SMARTS) is 1. The van der Waals surface area contributed by atoms with Crippen LogP contribution in [0.1, 0.15) is 65.2 Å². The van der Waals surface area contributed by atoms with Gasteiger partial charge in [-0.3, -0.25) is 4.79 Å². The molecule has 0 unspecified atom stereocenters. The fourth-order valence-corrected chi connectivity index (χ4v) is 6.73. The zero-order chi connectivity index (χ0) is 17.8. The van der Waals surface area contributed by atoms with Gasteiger partial charge < -0.3 is 9.84 Å². The Morgan fingerprint density at radius 2 is 1.92 bits per heavy atom. The molecule has 0 saturated heterocycles.